The predicted molar refractivity (Wildman–Crippen MR) is 138 cm³/mol. The van der Waals surface area contributed by atoms with Gasteiger partial charge < -0.3 is 30.7 Å². The lowest BCUT2D eigenvalue weighted by Crippen LogP contribution is -2.62. The van der Waals surface area contributed by atoms with E-state index in [0.29, 0.717) is 13.2 Å². The van der Waals surface area contributed by atoms with Crippen LogP contribution in [0.5, 0.6) is 5.75 Å². The lowest BCUT2D eigenvalue weighted by Gasteiger charge is -2.46. The number of allylic oxidation sites excluding steroid dienone is 1. The van der Waals surface area contributed by atoms with E-state index in [9.17, 15) is 9.90 Å². The first kappa shape index (κ1) is 25.0. The molecule has 188 valence electrons. The molecule has 8 nitrogen and oxygen atoms in total. The molecule has 2 aliphatic rings. The van der Waals surface area contributed by atoms with Crippen molar-refractivity contribution in [1.29, 1.82) is 0 Å². The molecule has 1 fully saturated rings. The van der Waals surface area contributed by atoms with Gasteiger partial charge in [0.05, 0.1) is 45.2 Å². The largest absolute Gasteiger partial charge is 0.489 e. The van der Waals surface area contributed by atoms with Crippen LogP contribution in [-0.4, -0.2) is 72.3 Å². The third kappa shape index (κ3) is 4.73. The Morgan fingerprint density at radius 1 is 1.20 bits per heavy atom. The van der Waals surface area contributed by atoms with Crippen molar-refractivity contribution < 1.29 is 19.1 Å². The number of β-lactam (4-membered cyclic amide) rings is 1. The summed E-state index contributed by atoms with van der Waals surface area (Å²) < 4.78 is 7.12. The van der Waals surface area contributed by atoms with E-state index in [2.05, 4.69) is 50.3 Å². The molecule has 2 heterocycles. The molecule has 5 N–H and O–H groups in total. The number of nitrogens with zero attached hydrogens (tertiary/aromatic N) is 3. The molecule has 4 atom stereocenters. The summed E-state index contributed by atoms with van der Waals surface area (Å²) in [5.74, 6) is 0.789. The monoisotopic (exact) mass is 480 g/mol. The van der Waals surface area contributed by atoms with Crippen LogP contribution in [0.15, 0.2) is 52.7 Å². The number of carbonyl (C=O) groups is 1. The predicted octanol–water partition coefficient (Wildman–Crippen LogP) is 2.20. The summed E-state index contributed by atoms with van der Waals surface area (Å²) in [7, 11) is 4.34. The van der Waals surface area contributed by atoms with Gasteiger partial charge in [0.25, 0.3) is 0 Å². The van der Waals surface area contributed by atoms with Crippen molar-refractivity contribution in [3.05, 3.63) is 53.2 Å². The zero-order chi connectivity index (χ0) is 25.5. The Bertz CT molecular complexity index is 1180. The molecule has 2 aliphatic heterocycles. The average Bonchev–Trinajstić information content (AvgIpc) is 2.97. The number of nitrogens with two attached hydrogens (primary N) is 2. The van der Waals surface area contributed by atoms with Crippen molar-refractivity contribution in [2.45, 2.75) is 39.5 Å². The number of aliphatic hydroxyl groups is 1. The van der Waals surface area contributed by atoms with Gasteiger partial charge >= 0.3 is 0 Å². The lowest BCUT2D eigenvalue weighted by molar-refractivity contribution is -0.902. The zero-order valence-electron chi connectivity index (χ0n) is 21.4. The van der Waals surface area contributed by atoms with E-state index in [1.54, 1.807) is 6.92 Å². The van der Waals surface area contributed by atoms with E-state index in [4.69, 9.17) is 16.2 Å². The molecular formula is C27H38N5O3+. The van der Waals surface area contributed by atoms with Gasteiger partial charge in [0.15, 0.2) is 5.96 Å². The van der Waals surface area contributed by atoms with Crippen molar-refractivity contribution in [2.75, 3.05) is 33.8 Å². The number of hydrogen-bond donors (Lipinski definition) is 3. The van der Waals surface area contributed by atoms with E-state index in [-0.39, 0.29) is 29.7 Å². The van der Waals surface area contributed by atoms with E-state index >= 15 is 0 Å². The van der Waals surface area contributed by atoms with Crippen LogP contribution in [0.4, 0.5) is 0 Å². The summed E-state index contributed by atoms with van der Waals surface area (Å²) in [6.07, 6.45) is -0.641. The van der Waals surface area contributed by atoms with Crippen LogP contribution in [-0.2, 0) is 11.3 Å². The van der Waals surface area contributed by atoms with Gasteiger partial charge in [-0.1, -0.05) is 37.3 Å². The quantitative estimate of drug-likeness (QED) is 0.220. The Balaban J connectivity index is 1.52. The van der Waals surface area contributed by atoms with E-state index in [0.717, 1.165) is 45.4 Å². The van der Waals surface area contributed by atoms with E-state index in [1.165, 1.54) is 5.56 Å². The first-order valence-corrected chi connectivity index (χ1v) is 12.2. The van der Waals surface area contributed by atoms with Gasteiger partial charge in [0.1, 0.15) is 18.9 Å². The second-order valence-corrected chi connectivity index (χ2v) is 10.5. The molecule has 1 saturated heterocycles. The van der Waals surface area contributed by atoms with Gasteiger partial charge in [0.2, 0.25) is 5.91 Å². The fourth-order valence-corrected chi connectivity index (χ4v) is 5.63. The number of benzene rings is 2. The number of guanidine groups is 1. The number of hydrogen-bond acceptors (Lipinski definition) is 4. The summed E-state index contributed by atoms with van der Waals surface area (Å²) in [6, 6.07) is 12.5. The van der Waals surface area contributed by atoms with Crippen molar-refractivity contribution in [3.63, 3.8) is 0 Å². The maximum absolute atomic E-state index is 12.6. The summed E-state index contributed by atoms with van der Waals surface area (Å²) in [4.78, 5) is 18.5. The summed E-state index contributed by atoms with van der Waals surface area (Å²) in [5.41, 5.74) is 14.3. The van der Waals surface area contributed by atoms with Crippen molar-refractivity contribution in [1.82, 2.24) is 4.90 Å². The summed E-state index contributed by atoms with van der Waals surface area (Å²) in [6.45, 7) is 8.46. The highest BCUT2D eigenvalue weighted by atomic mass is 16.5. The minimum absolute atomic E-state index is 0.0136. The first-order chi connectivity index (χ1) is 16.5. The highest BCUT2D eigenvalue weighted by Gasteiger charge is 2.57. The van der Waals surface area contributed by atoms with Crippen molar-refractivity contribution in [2.24, 2.45) is 28.3 Å². The first-order valence-electron chi connectivity index (χ1n) is 12.2. The normalized spacial score (nSPS) is 22.7. The van der Waals surface area contributed by atoms with Crippen LogP contribution in [0.2, 0.25) is 0 Å². The molecule has 0 aliphatic carbocycles. The van der Waals surface area contributed by atoms with Crippen LogP contribution in [0.25, 0.3) is 10.8 Å². The standard InChI is InChI=1S/C27H38N5O3/c1-16-22(17(2)31-25(16)24(18(3)33)26(31)34)15-35-23-11-7-9-20-19(8-6-10-21(20)23)14-32(4,5)13-12-30-27(28)29/h6-11,16,18,24-25,33H,12-15H2,1-5H3,(H4,28,29,30)/q+1/t16-,18+,24+,25+/m0/s1. The average molecular weight is 481 g/mol. The van der Waals surface area contributed by atoms with Crippen molar-refractivity contribution >= 4 is 22.6 Å². The van der Waals surface area contributed by atoms with Gasteiger partial charge in [-0.05, 0) is 30.9 Å². The fourth-order valence-electron chi connectivity index (χ4n) is 5.63. The highest BCUT2D eigenvalue weighted by molar-refractivity contribution is 5.91. The molecule has 2 aromatic rings. The fraction of sp³-hybridized carbons (Fsp3) is 0.481. The van der Waals surface area contributed by atoms with E-state index < -0.39 is 6.10 Å². The Kier molecular flexibility index (Phi) is 6.79. The third-order valence-electron chi connectivity index (χ3n) is 7.55. The molecule has 0 saturated carbocycles. The minimum Gasteiger partial charge on any atom is -0.489 e. The minimum atomic E-state index is -0.641. The molecule has 0 aromatic heterocycles. The number of likely N-dealkylation sites (N-methyl/N-ethyl adjacent to an activating group) is 1. The highest BCUT2D eigenvalue weighted by Crippen LogP contribution is 2.47. The number of rotatable bonds is 9. The molecule has 35 heavy (non-hydrogen) atoms. The molecule has 2 aromatic carbocycles. The van der Waals surface area contributed by atoms with Crippen LogP contribution < -0.4 is 16.2 Å². The lowest BCUT2D eigenvalue weighted by atomic mass is 9.78. The molecule has 0 spiro atoms. The van der Waals surface area contributed by atoms with Crippen molar-refractivity contribution in [3.8, 4) is 5.75 Å². The zero-order valence-corrected chi connectivity index (χ0v) is 21.4. The number of amides is 1. The Morgan fingerprint density at radius 3 is 2.57 bits per heavy atom. The Labute approximate surface area is 207 Å². The number of carbonyl (C=O) groups excluding carboxylic acids is 1. The second kappa shape index (κ2) is 9.51. The number of quaternary nitrogens is 1. The third-order valence-corrected chi connectivity index (χ3v) is 7.55. The smallest absolute Gasteiger partial charge is 0.234 e. The van der Waals surface area contributed by atoms with Crippen LogP contribution >= 0.6 is 0 Å². The maximum atomic E-state index is 12.6. The van der Waals surface area contributed by atoms with Gasteiger partial charge in [-0.25, -0.2) is 4.99 Å². The van der Waals surface area contributed by atoms with Gasteiger partial charge in [-0.3, -0.25) is 4.79 Å². The Morgan fingerprint density at radius 2 is 1.89 bits per heavy atom. The van der Waals surface area contributed by atoms with E-state index in [1.807, 2.05) is 24.0 Å². The molecule has 0 unspecified atom stereocenters. The number of aliphatic imine (C=N–C) groups is 1. The van der Waals surface area contributed by atoms with Crippen LogP contribution in [0.3, 0.4) is 0 Å². The van der Waals surface area contributed by atoms with Crippen LogP contribution in [0, 0.1) is 11.8 Å². The SMILES string of the molecule is CC1=C(COc2cccc3c(C[N+](C)(C)CCN=C(N)N)cccc23)[C@H](C)[C@@H]2[C@@H]([C@@H](C)O)C(=O)N12. The van der Waals surface area contributed by atoms with Crippen LogP contribution in [0.1, 0.15) is 26.3 Å². The molecule has 4 rings (SSSR count). The number of ether oxygens (including phenoxy) is 1. The molecule has 0 radical (unpaired) electrons. The molecule has 1 amide bonds. The Hall–Kier alpha value is -3.10. The molecule has 8 heteroatoms. The second-order valence-electron chi connectivity index (χ2n) is 10.5. The number of aliphatic hydroxyl groups excluding tert-OH is 1. The maximum Gasteiger partial charge on any atom is 0.234 e. The molecular weight excluding hydrogens is 442 g/mol. The van der Waals surface area contributed by atoms with Gasteiger partial charge in [-0.2, -0.15) is 0 Å². The van der Waals surface area contributed by atoms with Gasteiger partial charge in [-0.15, -0.1) is 0 Å². The topological polar surface area (TPSA) is 114 Å². The molecule has 0 bridgehead atoms. The number of fused-ring (bicyclic) bond motifs is 2. The summed E-state index contributed by atoms with van der Waals surface area (Å²) >= 11 is 0. The van der Waals surface area contributed by atoms with Gasteiger partial charge in [0, 0.05) is 22.6 Å². The summed E-state index contributed by atoms with van der Waals surface area (Å²) in [5, 5.41) is 12.3.